The first-order valence-corrected chi connectivity index (χ1v) is 15.3. The second kappa shape index (κ2) is 11.7. The lowest BCUT2D eigenvalue weighted by molar-refractivity contribution is 0.245. The van der Waals surface area contributed by atoms with E-state index in [1.54, 1.807) is 7.11 Å². The topological polar surface area (TPSA) is 123 Å². The fourth-order valence-electron chi connectivity index (χ4n) is 4.12. The molecule has 1 saturated heterocycles. The minimum absolute atomic E-state index is 0.0499. The molecular formula is C26H30N2O8S2. The van der Waals surface area contributed by atoms with Crippen LogP contribution < -0.4 is 14.9 Å². The molecule has 2 heterocycles. The van der Waals surface area contributed by atoms with Gasteiger partial charge in [0.25, 0.3) is 0 Å². The fraction of sp³-hybridized carbons (Fsp3) is 0.346. The third-order valence-corrected chi connectivity index (χ3v) is 9.24. The number of methoxy groups -OCH3 is 1. The number of nitrogens with zero attached hydrogens (tertiary/aromatic N) is 2. The van der Waals surface area contributed by atoms with Crippen LogP contribution in [0.15, 0.2) is 79.9 Å². The van der Waals surface area contributed by atoms with E-state index in [-0.39, 0.29) is 34.1 Å². The van der Waals surface area contributed by atoms with Crippen molar-refractivity contribution in [1.29, 1.82) is 0 Å². The zero-order chi connectivity index (χ0) is 27.3. The molecule has 1 aliphatic heterocycles. The number of sulfonamides is 1. The van der Waals surface area contributed by atoms with Crippen molar-refractivity contribution in [3.63, 3.8) is 0 Å². The molecule has 2 aromatic carbocycles. The Morgan fingerprint density at radius 2 is 1.66 bits per heavy atom. The van der Waals surface area contributed by atoms with E-state index in [4.69, 9.17) is 13.9 Å². The lowest BCUT2D eigenvalue weighted by atomic mass is 10.2. The van der Waals surface area contributed by atoms with Gasteiger partial charge in [0.05, 0.1) is 23.4 Å². The summed E-state index contributed by atoms with van der Waals surface area (Å²) in [6.45, 7) is 2.18. The largest absolute Gasteiger partial charge is 0.497 e. The Balaban J connectivity index is 1.36. The van der Waals surface area contributed by atoms with Gasteiger partial charge in [0.1, 0.15) is 24.4 Å². The van der Waals surface area contributed by atoms with Gasteiger partial charge in [0.2, 0.25) is 21.2 Å². The number of ether oxygens (including phenoxy) is 2. The van der Waals surface area contributed by atoms with Crippen LogP contribution in [0.1, 0.15) is 17.7 Å². The third-order valence-electron chi connectivity index (χ3n) is 6.20. The summed E-state index contributed by atoms with van der Waals surface area (Å²) in [5.41, 5.74) is 0.550. The van der Waals surface area contributed by atoms with Gasteiger partial charge < -0.3 is 13.9 Å². The fourth-order valence-corrected chi connectivity index (χ4v) is 6.22. The molecule has 38 heavy (non-hydrogen) atoms. The summed E-state index contributed by atoms with van der Waals surface area (Å²) >= 11 is 0. The van der Waals surface area contributed by atoms with Gasteiger partial charge in [-0.25, -0.2) is 16.8 Å². The van der Waals surface area contributed by atoms with Gasteiger partial charge in [-0.2, -0.15) is 4.31 Å². The molecule has 204 valence electrons. The lowest BCUT2D eigenvalue weighted by Gasteiger charge is -2.21. The molecule has 3 aromatic rings. The second-order valence-electron chi connectivity index (χ2n) is 8.99. The maximum atomic E-state index is 13.1. The Bertz CT molecular complexity index is 1530. The monoisotopic (exact) mass is 562 g/mol. The van der Waals surface area contributed by atoms with Crippen LogP contribution in [-0.4, -0.2) is 65.6 Å². The molecule has 4 rings (SSSR count). The molecule has 0 radical (unpaired) electrons. The normalized spacial score (nSPS) is 15.6. The molecule has 10 nitrogen and oxygen atoms in total. The summed E-state index contributed by atoms with van der Waals surface area (Å²) in [4.78, 5) is 14.7. The molecule has 0 spiro atoms. The van der Waals surface area contributed by atoms with Crippen molar-refractivity contribution in [2.24, 2.45) is 0 Å². The summed E-state index contributed by atoms with van der Waals surface area (Å²) in [5.74, 6) is 1.25. The van der Waals surface area contributed by atoms with Crippen molar-refractivity contribution in [1.82, 2.24) is 9.21 Å². The zero-order valence-corrected chi connectivity index (χ0v) is 22.8. The van der Waals surface area contributed by atoms with E-state index in [0.717, 1.165) is 11.8 Å². The van der Waals surface area contributed by atoms with Crippen molar-refractivity contribution in [2.75, 3.05) is 39.5 Å². The summed E-state index contributed by atoms with van der Waals surface area (Å²) in [6, 6.07) is 14.0. The average molecular weight is 563 g/mol. The van der Waals surface area contributed by atoms with E-state index >= 15 is 0 Å². The van der Waals surface area contributed by atoms with Crippen LogP contribution in [0, 0.1) is 0 Å². The van der Waals surface area contributed by atoms with E-state index < -0.39 is 19.9 Å². The Hall–Kier alpha value is -3.19. The highest BCUT2D eigenvalue weighted by molar-refractivity contribution is 7.90. The molecule has 0 unspecified atom stereocenters. The maximum Gasteiger partial charge on any atom is 0.243 e. The van der Waals surface area contributed by atoms with Crippen molar-refractivity contribution in [3.05, 3.63) is 82.4 Å². The van der Waals surface area contributed by atoms with Gasteiger partial charge in [-0.1, -0.05) is 12.1 Å². The van der Waals surface area contributed by atoms with Crippen LogP contribution in [0.2, 0.25) is 0 Å². The number of hydrogen-bond donors (Lipinski definition) is 0. The molecule has 0 atom stereocenters. The highest BCUT2D eigenvalue weighted by Gasteiger charge is 2.27. The molecule has 0 saturated carbocycles. The van der Waals surface area contributed by atoms with E-state index in [1.165, 1.54) is 40.9 Å². The number of sulfone groups is 1. The van der Waals surface area contributed by atoms with Crippen LogP contribution in [0.5, 0.6) is 11.5 Å². The smallest absolute Gasteiger partial charge is 0.243 e. The Morgan fingerprint density at radius 1 is 0.921 bits per heavy atom. The average Bonchev–Trinajstić information content (AvgIpc) is 3.14. The summed E-state index contributed by atoms with van der Waals surface area (Å²) < 4.78 is 67.5. The molecule has 0 amide bonds. The van der Waals surface area contributed by atoms with E-state index in [9.17, 15) is 21.6 Å². The SMILES string of the molecule is COc1cccc(COc2coc(CN3CCCN(S(=O)(=O)c4ccc(S(C)(=O)=O)cc4)CC3)cc2=O)c1. The van der Waals surface area contributed by atoms with Crippen molar-refractivity contribution >= 4 is 19.9 Å². The van der Waals surface area contributed by atoms with Crippen LogP contribution in [0.4, 0.5) is 0 Å². The molecule has 1 fully saturated rings. The number of benzene rings is 2. The zero-order valence-electron chi connectivity index (χ0n) is 21.2. The molecule has 1 aliphatic rings. The van der Waals surface area contributed by atoms with Gasteiger partial charge in [-0.3, -0.25) is 9.69 Å². The van der Waals surface area contributed by atoms with E-state index in [2.05, 4.69) is 0 Å². The summed E-state index contributed by atoms with van der Waals surface area (Å²) in [5, 5.41) is 0. The maximum absolute atomic E-state index is 13.1. The summed E-state index contributed by atoms with van der Waals surface area (Å²) in [7, 11) is -5.61. The van der Waals surface area contributed by atoms with Crippen molar-refractivity contribution in [3.8, 4) is 11.5 Å². The van der Waals surface area contributed by atoms with Crippen molar-refractivity contribution < 1.29 is 30.7 Å². The van der Waals surface area contributed by atoms with Crippen LogP contribution >= 0.6 is 0 Å². The highest BCUT2D eigenvalue weighted by atomic mass is 32.2. The van der Waals surface area contributed by atoms with Gasteiger partial charge in [0, 0.05) is 32.0 Å². The third kappa shape index (κ3) is 6.81. The quantitative estimate of drug-likeness (QED) is 0.387. The second-order valence-corrected chi connectivity index (χ2v) is 12.9. The molecule has 1 aromatic heterocycles. The van der Waals surface area contributed by atoms with Crippen LogP contribution in [-0.2, 0) is 33.0 Å². The number of rotatable bonds is 9. The minimum Gasteiger partial charge on any atom is -0.497 e. The van der Waals surface area contributed by atoms with E-state index in [0.29, 0.717) is 44.1 Å². The predicted octanol–water partition coefficient (Wildman–Crippen LogP) is 2.53. The van der Waals surface area contributed by atoms with Crippen molar-refractivity contribution in [2.45, 2.75) is 29.4 Å². The Kier molecular flexibility index (Phi) is 8.56. The lowest BCUT2D eigenvalue weighted by Crippen LogP contribution is -2.35. The molecule has 12 heteroatoms. The Labute approximate surface area is 222 Å². The number of hydrogen-bond acceptors (Lipinski definition) is 9. The standard InChI is InChI=1S/C26H30N2O8S2/c1-34-21-6-3-5-20(15-21)18-36-26-19-35-22(16-25(26)29)17-27-11-4-12-28(14-13-27)38(32,33)24-9-7-23(8-10-24)37(2,30)31/h3,5-10,15-16,19H,4,11-14,17-18H2,1-2H3. The van der Waals surface area contributed by atoms with Gasteiger partial charge >= 0.3 is 0 Å². The van der Waals surface area contributed by atoms with Crippen LogP contribution in [0.3, 0.4) is 0 Å². The van der Waals surface area contributed by atoms with Crippen LogP contribution in [0.25, 0.3) is 0 Å². The van der Waals surface area contributed by atoms with Gasteiger partial charge in [-0.15, -0.1) is 0 Å². The first-order valence-electron chi connectivity index (χ1n) is 12.0. The molecular weight excluding hydrogens is 532 g/mol. The van der Waals surface area contributed by atoms with Gasteiger partial charge in [0.15, 0.2) is 9.84 Å². The molecule has 0 N–H and O–H groups in total. The first kappa shape index (κ1) is 27.8. The molecule has 0 aliphatic carbocycles. The predicted molar refractivity (Wildman–Crippen MR) is 141 cm³/mol. The Morgan fingerprint density at radius 3 is 2.34 bits per heavy atom. The minimum atomic E-state index is -3.78. The summed E-state index contributed by atoms with van der Waals surface area (Å²) in [6.07, 6.45) is 2.96. The molecule has 0 bridgehead atoms. The van der Waals surface area contributed by atoms with Gasteiger partial charge in [-0.05, 0) is 54.9 Å². The highest BCUT2D eigenvalue weighted by Crippen LogP contribution is 2.21. The van der Waals surface area contributed by atoms with E-state index in [1.807, 2.05) is 29.2 Å². The first-order chi connectivity index (χ1) is 18.1.